The van der Waals surface area contributed by atoms with Gasteiger partial charge in [-0.1, -0.05) is 18.2 Å². The van der Waals surface area contributed by atoms with Crippen LogP contribution < -0.4 is 0 Å². The molecule has 5 heteroatoms. The van der Waals surface area contributed by atoms with Gasteiger partial charge in [-0.3, -0.25) is 4.79 Å². The standard InChI is InChI=1S/C17H20N2OS2/c20-17(7-6-15-12-21-13-18-15)19-9-8-14(10-19)11-22-16-4-2-1-3-5-16/h1-5,12-14H,6-11H2. The lowest BCUT2D eigenvalue weighted by atomic mass is 10.2. The van der Waals surface area contributed by atoms with E-state index >= 15 is 0 Å². The number of amides is 1. The first-order valence-corrected chi connectivity index (χ1v) is 9.57. The van der Waals surface area contributed by atoms with Gasteiger partial charge in [-0.2, -0.15) is 0 Å². The van der Waals surface area contributed by atoms with Crippen molar-refractivity contribution >= 4 is 29.0 Å². The van der Waals surface area contributed by atoms with Crippen molar-refractivity contribution in [1.82, 2.24) is 9.88 Å². The zero-order valence-electron chi connectivity index (χ0n) is 12.5. The molecule has 0 aliphatic carbocycles. The van der Waals surface area contributed by atoms with Crippen LogP contribution in [0.2, 0.25) is 0 Å². The number of thiazole rings is 1. The van der Waals surface area contributed by atoms with E-state index < -0.39 is 0 Å². The van der Waals surface area contributed by atoms with Gasteiger partial charge in [-0.15, -0.1) is 23.1 Å². The Kier molecular flexibility index (Phi) is 5.51. The van der Waals surface area contributed by atoms with E-state index in [1.54, 1.807) is 11.3 Å². The Morgan fingerprint density at radius 1 is 1.36 bits per heavy atom. The fourth-order valence-electron chi connectivity index (χ4n) is 2.68. The summed E-state index contributed by atoms with van der Waals surface area (Å²) in [5, 5.41) is 2.02. The number of carbonyl (C=O) groups is 1. The number of hydrogen-bond donors (Lipinski definition) is 0. The predicted molar refractivity (Wildman–Crippen MR) is 92.3 cm³/mol. The van der Waals surface area contributed by atoms with E-state index in [9.17, 15) is 4.79 Å². The smallest absolute Gasteiger partial charge is 0.222 e. The van der Waals surface area contributed by atoms with Gasteiger partial charge in [0.05, 0.1) is 11.2 Å². The molecule has 1 fully saturated rings. The van der Waals surface area contributed by atoms with Gasteiger partial charge in [0.1, 0.15) is 0 Å². The maximum absolute atomic E-state index is 12.3. The Labute approximate surface area is 139 Å². The maximum atomic E-state index is 12.3. The van der Waals surface area contributed by atoms with Crippen LogP contribution in [-0.2, 0) is 11.2 Å². The third-order valence-electron chi connectivity index (χ3n) is 3.95. The summed E-state index contributed by atoms with van der Waals surface area (Å²) in [7, 11) is 0. The monoisotopic (exact) mass is 332 g/mol. The van der Waals surface area contributed by atoms with Gasteiger partial charge in [0.25, 0.3) is 0 Å². The van der Waals surface area contributed by atoms with Gasteiger partial charge in [-0.25, -0.2) is 4.98 Å². The average molecular weight is 332 g/mol. The average Bonchev–Trinajstić information content (AvgIpc) is 3.23. The normalized spacial score (nSPS) is 17.8. The highest BCUT2D eigenvalue weighted by atomic mass is 32.2. The fraction of sp³-hybridized carbons (Fsp3) is 0.412. The third-order valence-corrected chi connectivity index (χ3v) is 5.82. The summed E-state index contributed by atoms with van der Waals surface area (Å²) in [6.07, 6.45) is 2.48. The third kappa shape index (κ3) is 4.34. The Balaban J connectivity index is 1.40. The lowest BCUT2D eigenvalue weighted by Gasteiger charge is -2.16. The Morgan fingerprint density at radius 2 is 2.23 bits per heavy atom. The van der Waals surface area contributed by atoms with Gasteiger partial charge < -0.3 is 4.90 Å². The van der Waals surface area contributed by atoms with Crippen molar-refractivity contribution in [1.29, 1.82) is 0 Å². The summed E-state index contributed by atoms with van der Waals surface area (Å²) in [5.74, 6) is 1.99. The van der Waals surface area contributed by atoms with Crippen molar-refractivity contribution in [3.63, 3.8) is 0 Å². The maximum Gasteiger partial charge on any atom is 0.222 e. The second-order valence-electron chi connectivity index (χ2n) is 5.60. The van der Waals surface area contributed by atoms with E-state index in [-0.39, 0.29) is 5.91 Å². The van der Waals surface area contributed by atoms with Gasteiger partial charge in [-0.05, 0) is 30.9 Å². The lowest BCUT2D eigenvalue weighted by Crippen LogP contribution is -2.29. The molecule has 0 saturated carbocycles. The first-order chi connectivity index (χ1) is 10.8. The van der Waals surface area contributed by atoms with E-state index in [0.717, 1.165) is 37.4 Å². The quantitative estimate of drug-likeness (QED) is 0.756. The zero-order chi connectivity index (χ0) is 15.2. The van der Waals surface area contributed by atoms with Crippen molar-refractivity contribution in [2.45, 2.75) is 24.2 Å². The lowest BCUT2D eigenvalue weighted by molar-refractivity contribution is -0.130. The van der Waals surface area contributed by atoms with Crippen molar-refractivity contribution < 1.29 is 4.79 Å². The summed E-state index contributed by atoms with van der Waals surface area (Å²) in [5.41, 5.74) is 2.86. The zero-order valence-corrected chi connectivity index (χ0v) is 14.1. The van der Waals surface area contributed by atoms with Crippen LogP contribution in [-0.4, -0.2) is 34.6 Å². The number of aromatic nitrogens is 1. The predicted octanol–water partition coefficient (Wildman–Crippen LogP) is 3.72. The summed E-state index contributed by atoms with van der Waals surface area (Å²) in [6.45, 7) is 1.83. The number of carbonyl (C=O) groups excluding carboxylic acids is 1. The molecule has 1 aromatic heterocycles. The molecule has 2 heterocycles. The van der Waals surface area contributed by atoms with Gasteiger partial charge in [0.15, 0.2) is 0 Å². The Morgan fingerprint density at radius 3 is 3.00 bits per heavy atom. The molecule has 116 valence electrons. The SMILES string of the molecule is O=C(CCc1cscn1)N1CCC(CSc2ccccc2)C1. The van der Waals surface area contributed by atoms with E-state index in [1.807, 2.05) is 33.6 Å². The largest absolute Gasteiger partial charge is 0.342 e. The summed E-state index contributed by atoms with van der Waals surface area (Å²) in [4.78, 5) is 19.8. The van der Waals surface area contributed by atoms with E-state index in [2.05, 4.69) is 29.2 Å². The van der Waals surface area contributed by atoms with Crippen molar-refractivity contribution in [3.8, 4) is 0 Å². The van der Waals surface area contributed by atoms with Crippen LogP contribution in [0, 0.1) is 5.92 Å². The van der Waals surface area contributed by atoms with Gasteiger partial charge in [0.2, 0.25) is 5.91 Å². The van der Waals surface area contributed by atoms with E-state index in [0.29, 0.717) is 12.3 Å². The number of rotatable bonds is 6. The van der Waals surface area contributed by atoms with E-state index in [1.165, 1.54) is 4.90 Å². The van der Waals surface area contributed by atoms with Gasteiger partial charge in [0, 0.05) is 35.5 Å². The molecule has 1 unspecified atom stereocenters. The van der Waals surface area contributed by atoms with Crippen LogP contribution in [0.25, 0.3) is 0 Å². The van der Waals surface area contributed by atoms with Crippen LogP contribution in [0.5, 0.6) is 0 Å². The molecule has 1 saturated heterocycles. The number of hydrogen-bond acceptors (Lipinski definition) is 4. The minimum atomic E-state index is 0.278. The highest BCUT2D eigenvalue weighted by Gasteiger charge is 2.25. The Bertz CT molecular complexity index is 586. The second kappa shape index (κ2) is 7.79. The number of likely N-dealkylation sites (tertiary alicyclic amines) is 1. The Hall–Kier alpha value is -1.33. The van der Waals surface area contributed by atoms with Crippen LogP contribution in [0.4, 0.5) is 0 Å². The summed E-state index contributed by atoms with van der Waals surface area (Å²) < 4.78 is 0. The van der Waals surface area contributed by atoms with Crippen molar-refractivity contribution in [2.24, 2.45) is 5.92 Å². The molecule has 1 amide bonds. The number of thioether (sulfide) groups is 1. The molecule has 2 aromatic rings. The molecule has 0 radical (unpaired) electrons. The van der Waals surface area contributed by atoms with Crippen LogP contribution in [0.3, 0.4) is 0 Å². The second-order valence-corrected chi connectivity index (χ2v) is 7.41. The molecule has 0 bridgehead atoms. The first-order valence-electron chi connectivity index (χ1n) is 7.64. The van der Waals surface area contributed by atoms with Crippen molar-refractivity contribution in [3.05, 3.63) is 46.9 Å². The molecule has 1 aliphatic heterocycles. The molecule has 3 nitrogen and oxygen atoms in total. The van der Waals surface area contributed by atoms with E-state index in [4.69, 9.17) is 0 Å². The molecule has 0 N–H and O–H groups in total. The fourth-order valence-corrected chi connectivity index (χ4v) is 4.32. The highest BCUT2D eigenvalue weighted by molar-refractivity contribution is 7.99. The molecule has 0 spiro atoms. The minimum Gasteiger partial charge on any atom is -0.342 e. The van der Waals surface area contributed by atoms with Crippen LogP contribution in [0.15, 0.2) is 46.1 Å². The molecule has 1 atom stereocenters. The van der Waals surface area contributed by atoms with Gasteiger partial charge >= 0.3 is 0 Å². The molecule has 22 heavy (non-hydrogen) atoms. The molecular formula is C17H20N2OS2. The minimum absolute atomic E-state index is 0.278. The molecular weight excluding hydrogens is 312 g/mol. The molecule has 1 aliphatic rings. The molecule has 3 rings (SSSR count). The summed E-state index contributed by atoms with van der Waals surface area (Å²) in [6, 6.07) is 10.5. The number of aryl methyl sites for hydroxylation is 1. The highest BCUT2D eigenvalue weighted by Crippen LogP contribution is 2.26. The topological polar surface area (TPSA) is 33.2 Å². The molecule has 1 aromatic carbocycles. The summed E-state index contributed by atoms with van der Waals surface area (Å²) >= 11 is 3.49. The van der Waals surface area contributed by atoms with Crippen molar-refractivity contribution in [2.75, 3.05) is 18.8 Å². The van der Waals surface area contributed by atoms with Crippen LogP contribution >= 0.6 is 23.1 Å². The first kappa shape index (κ1) is 15.6. The number of benzene rings is 1. The van der Waals surface area contributed by atoms with Crippen LogP contribution in [0.1, 0.15) is 18.5 Å². The number of nitrogens with zero attached hydrogens (tertiary/aromatic N) is 2.